The Labute approximate surface area is 136 Å². The molecule has 0 aliphatic carbocycles. The molecule has 0 aliphatic rings. The van der Waals surface area contributed by atoms with Gasteiger partial charge in [0.1, 0.15) is 0 Å². The van der Waals surface area contributed by atoms with Crippen LogP contribution in [0.15, 0.2) is 24.3 Å². The molecule has 114 valence electrons. The van der Waals surface area contributed by atoms with Gasteiger partial charge in [0.05, 0.1) is 0 Å². The molecular formula is C16H23NO3Sn. The number of nitrogens with one attached hydrogen (secondary N) is 1. The average molecular weight is 396 g/mol. The first kappa shape index (κ1) is 18.0. The number of hydrogen-bond donors (Lipinski definition) is 1. The van der Waals surface area contributed by atoms with Crippen LogP contribution in [0.5, 0.6) is 0 Å². The van der Waals surface area contributed by atoms with Crippen molar-refractivity contribution in [1.82, 2.24) is 5.32 Å². The summed E-state index contributed by atoms with van der Waals surface area (Å²) < 4.78 is 6.58. The van der Waals surface area contributed by atoms with Crippen LogP contribution in [0.3, 0.4) is 0 Å². The summed E-state index contributed by atoms with van der Waals surface area (Å²) in [5.41, 5.74) is 1.02. The molecule has 1 aromatic rings. The molecule has 0 spiro atoms. The molecule has 4 nitrogen and oxygen atoms in total. The monoisotopic (exact) mass is 397 g/mol. The molecule has 0 fully saturated rings. The fourth-order valence-corrected chi connectivity index (χ4v) is 5.40. The summed E-state index contributed by atoms with van der Waals surface area (Å²) in [5, 5.41) is 2.63. The van der Waals surface area contributed by atoms with Crippen LogP contribution in [0.4, 0.5) is 0 Å². The molecule has 1 rings (SSSR count). The second-order valence-corrected chi connectivity index (χ2v) is 12.7. The average Bonchev–Trinajstić information content (AvgIpc) is 2.37. The molecular weight excluding hydrogens is 373 g/mol. The minimum absolute atomic E-state index is 0.233. The van der Waals surface area contributed by atoms with E-state index in [1.165, 1.54) is 17.6 Å². The fraction of sp³-hybridized carbons (Fsp3) is 0.500. The zero-order valence-corrected chi connectivity index (χ0v) is 16.2. The zero-order chi connectivity index (χ0) is 16.0. The summed E-state index contributed by atoms with van der Waals surface area (Å²) >= 11 is -0.610. The molecule has 21 heavy (non-hydrogen) atoms. The van der Waals surface area contributed by atoms with Crippen molar-refractivity contribution in [3.8, 4) is 0 Å². The van der Waals surface area contributed by atoms with E-state index in [9.17, 15) is 9.59 Å². The van der Waals surface area contributed by atoms with Gasteiger partial charge in [0.25, 0.3) is 0 Å². The van der Waals surface area contributed by atoms with Gasteiger partial charge in [-0.25, -0.2) is 0 Å². The van der Waals surface area contributed by atoms with Crippen molar-refractivity contribution in [2.45, 2.75) is 43.6 Å². The van der Waals surface area contributed by atoms with Crippen LogP contribution in [-0.2, 0) is 20.7 Å². The summed E-state index contributed by atoms with van der Waals surface area (Å²) in [4.78, 5) is 22.8. The van der Waals surface area contributed by atoms with Gasteiger partial charge in [-0.1, -0.05) is 0 Å². The van der Waals surface area contributed by atoms with E-state index in [-0.39, 0.29) is 5.91 Å². The van der Waals surface area contributed by atoms with Crippen molar-refractivity contribution in [2.24, 2.45) is 0 Å². The molecule has 0 saturated heterocycles. The van der Waals surface area contributed by atoms with E-state index in [1.54, 1.807) is 0 Å². The zero-order valence-electron chi connectivity index (χ0n) is 13.3. The van der Waals surface area contributed by atoms with E-state index in [4.69, 9.17) is 4.74 Å². The Kier molecular flexibility index (Phi) is 6.71. The van der Waals surface area contributed by atoms with Gasteiger partial charge in [0.15, 0.2) is 0 Å². The first-order valence-corrected chi connectivity index (χ1v) is 9.79. The van der Waals surface area contributed by atoms with Gasteiger partial charge >= 0.3 is 137 Å². The Morgan fingerprint density at radius 3 is 2.24 bits per heavy atom. The van der Waals surface area contributed by atoms with Crippen molar-refractivity contribution >= 4 is 36.6 Å². The van der Waals surface area contributed by atoms with Crippen LogP contribution in [0.1, 0.15) is 33.3 Å². The molecule has 1 N–H and O–H groups in total. The third-order valence-electron chi connectivity index (χ3n) is 2.78. The third kappa shape index (κ3) is 6.98. The molecule has 0 aliphatic heterocycles. The van der Waals surface area contributed by atoms with Crippen molar-refractivity contribution < 1.29 is 14.3 Å². The van der Waals surface area contributed by atoms with E-state index in [1.807, 2.05) is 12.1 Å². The van der Waals surface area contributed by atoms with Gasteiger partial charge in [-0.2, -0.15) is 0 Å². The van der Waals surface area contributed by atoms with E-state index < -0.39 is 33.2 Å². The number of ether oxygens (including phenoxy) is 1. The number of esters is 1. The minimum atomic E-state index is -0.624. The fourth-order valence-electron chi connectivity index (χ4n) is 1.97. The Bertz CT molecular complexity index is 491. The maximum absolute atomic E-state index is 11.7. The van der Waals surface area contributed by atoms with Crippen LogP contribution in [0.2, 0.25) is 3.43 Å². The second kappa shape index (κ2) is 7.82. The molecule has 1 amide bonds. The van der Waals surface area contributed by atoms with E-state index in [0.29, 0.717) is 9.85 Å². The van der Waals surface area contributed by atoms with Gasteiger partial charge in [0.2, 0.25) is 0 Å². The molecule has 2 radical (unpaired) electrons. The van der Waals surface area contributed by atoms with Crippen LogP contribution >= 0.6 is 0 Å². The summed E-state index contributed by atoms with van der Waals surface area (Å²) in [5.74, 6) is -0.649. The van der Waals surface area contributed by atoms with Gasteiger partial charge in [-0.3, -0.25) is 0 Å². The molecule has 0 unspecified atom stereocenters. The van der Waals surface area contributed by atoms with Crippen LogP contribution in [-0.4, -0.2) is 46.2 Å². The number of hydrogen-bond acceptors (Lipinski definition) is 3. The Morgan fingerprint density at radius 1 is 1.24 bits per heavy atom. The van der Waals surface area contributed by atoms with E-state index in [2.05, 4.69) is 38.2 Å². The SMILES string of the molecule is COC(=O)[C@H](Cc1cc[c]([Sn][C](C)(C)C)cc1)NC(C)=O. The van der Waals surface area contributed by atoms with Crippen molar-refractivity contribution in [3.63, 3.8) is 0 Å². The first-order chi connectivity index (χ1) is 9.71. The molecule has 5 heteroatoms. The quantitative estimate of drug-likeness (QED) is 0.606. The number of carbonyl (C=O) groups excluding carboxylic acids is 2. The van der Waals surface area contributed by atoms with Crippen molar-refractivity contribution in [2.75, 3.05) is 7.11 Å². The van der Waals surface area contributed by atoms with Crippen LogP contribution < -0.4 is 8.90 Å². The number of carbonyl (C=O) groups is 2. The maximum atomic E-state index is 11.7. The predicted octanol–water partition coefficient (Wildman–Crippen LogP) is 1.45. The van der Waals surface area contributed by atoms with Gasteiger partial charge in [-0.05, 0) is 0 Å². The number of methoxy groups -OCH3 is 1. The standard InChI is InChI=1S/C12H14NO3.C4H9.Sn/c1-9(14)13-11(12(15)16-2)8-10-6-4-3-5-7-10;1-4(2)3;/h4-7,11H,8H2,1-2H3,(H,13,14);1-3H3;/t11-;;/m0../s1. The Hall–Kier alpha value is -1.04. The molecule has 0 heterocycles. The normalized spacial score (nSPS) is 12.6. The van der Waals surface area contributed by atoms with E-state index in [0.717, 1.165) is 5.56 Å². The summed E-state index contributed by atoms with van der Waals surface area (Å²) in [7, 11) is 1.33. The molecule has 1 aromatic carbocycles. The number of rotatable bonds is 5. The van der Waals surface area contributed by atoms with Gasteiger partial charge in [-0.15, -0.1) is 0 Å². The Morgan fingerprint density at radius 2 is 1.81 bits per heavy atom. The van der Waals surface area contributed by atoms with Gasteiger partial charge in [0, 0.05) is 0 Å². The first-order valence-electron chi connectivity index (χ1n) is 6.93. The molecule has 0 saturated carbocycles. The predicted molar refractivity (Wildman–Crippen MR) is 84.9 cm³/mol. The van der Waals surface area contributed by atoms with Crippen LogP contribution in [0.25, 0.3) is 0 Å². The van der Waals surface area contributed by atoms with E-state index >= 15 is 0 Å². The molecule has 0 aromatic heterocycles. The van der Waals surface area contributed by atoms with Crippen molar-refractivity contribution in [1.29, 1.82) is 0 Å². The topological polar surface area (TPSA) is 55.4 Å². The van der Waals surface area contributed by atoms with Crippen LogP contribution in [0, 0.1) is 0 Å². The second-order valence-electron chi connectivity index (χ2n) is 6.05. The molecule has 1 atom stereocenters. The summed E-state index contributed by atoms with van der Waals surface area (Å²) in [6, 6.07) is 7.75. The van der Waals surface area contributed by atoms with Gasteiger partial charge < -0.3 is 0 Å². The van der Waals surface area contributed by atoms with Crippen molar-refractivity contribution in [3.05, 3.63) is 29.8 Å². The third-order valence-corrected chi connectivity index (χ3v) is 6.69. The Balaban J connectivity index is 2.76. The summed E-state index contributed by atoms with van der Waals surface area (Å²) in [6.07, 6.45) is 0.451. The number of benzene rings is 1. The number of amides is 1. The molecule has 0 bridgehead atoms. The summed E-state index contributed by atoms with van der Waals surface area (Å²) in [6.45, 7) is 8.22.